The fourth-order valence-electron chi connectivity index (χ4n) is 1.68. The molecule has 0 spiro atoms. The van der Waals surface area contributed by atoms with Gasteiger partial charge in [0.1, 0.15) is 11.5 Å². The van der Waals surface area contributed by atoms with Gasteiger partial charge < -0.3 is 4.42 Å². The van der Waals surface area contributed by atoms with Gasteiger partial charge in [0.15, 0.2) is 0 Å². The van der Waals surface area contributed by atoms with Crippen molar-refractivity contribution in [1.82, 2.24) is 0 Å². The molecule has 0 aliphatic rings. The molecule has 1 aromatic heterocycles. The maximum atomic E-state index is 10.7. The zero-order valence-electron chi connectivity index (χ0n) is 10.3. The van der Waals surface area contributed by atoms with Crippen LogP contribution in [0.2, 0.25) is 5.02 Å². The number of nitrogens with zero attached hydrogens (tertiary/aromatic N) is 1. The number of furan rings is 1. The second kappa shape index (κ2) is 5.71. The topological polar surface area (TPSA) is 56.3 Å². The molecular weight excluding hydrogens is 266 g/mol. The fraction of sp³-hybridized carbons (Fsp3) is 0.143. The average Bonchev–Trinajstić information content (AvgIpc) is 2.84. The number of halogens is 1. The van der Waals surface area contributed by atoms with Gasteiger partial charge in [0.05, 0.1) is 11.0 Å². The Hall–Kier alpha value is -2.07. The maximum absolute atomic E-state index is 10.7. The lowest BCUT2D eigenvalue weighted by Crippen LogP contribution is -1.95. The summed E-state index contributed by atoms with van der Waals surface area (Å²) >= 11 is 5.91. The Morgan fingerprint density at radius 2 is 2.21 bits per heavy atom. The van der Waals surface area contributed by atoms with Crippen LogP contribution in [0.4, 0.5) is 0 Å². The maximum Gasteiger partial charge on any atom is 0.249 e. The van der Waals surface area contributed by atoms with Gasteiger partial charge in [0.25, 0.3) is 0 Å². The molecule has 0 bridgehead atoms. The minimum atomic E-state index is -0.401. The monoisotopic (exact) mass is 277 g/mol. The SMILES string of the molecule is CCC(=Cc1ccc(-c2cccc(Cl)c2)o1)[N+](=O)[O-]. The third kappa shape index (κ3) is 3.23. The van der Waals surface area contributed by atoms with E-state index in [0.29, 0.717) is 23.0 Å². The van der Waals surface area contributed by atoms with E-state index in [0.717, 1.165) is 5.56 Å². The zero-order valence-corrected chi connectivity index (χ0v) is 11.1. The van der Waals surface area contributed by atoms with Crippen LogP contribution in [-0.2, 0) is 0 Å². The van der Waals surface area contributed by atoms with Crippen molar-refractivity contribution in [3.63, 3.8) is 0 Å². The molecule has 0 aliphatic heterocycles. The van der Waals surface area contributed by atoms with Crippen molar-refractivity contribution in [3.05, 3.63) is 63.0 Å². The van der Waals surface area contributed by atoms with Crippen LogP contribution in [0.3, 0.4) is 0 Å². The van der Waals surface area contributed by atoms with Gasteiger partial charge in [0, 0.05) is 17.0 Å². The first-order valence-electron chi connectivity index (χ1n) is 5.81. The van der Waals surface area contributed by atoms with E-state index in [9.17, 15) is 10.1 Å². The van der Waals surface area contributed by atoms with Crippen LogP contribution in [0.5, 0.6) is 0 Å². The quantitative estimate of drug-likeness (QED) is 0.605. The van der Waals surface area contributed by atoms with Crippen molar-refractivity contribution >= 4 is 17.7 Å². The Bertz CT molecular complexity index is 631. The van der Waals surface area contributed by atoms with Crippen LogP contribution in [0.15, 0.2) is 46.5 Å². The van der Waals surface area contributed by atoms with Crippen LogP contribution in [0.1, 0.15) is 19.1 Å². The molecule has 0 saturated heterocycles. The molecule has 0 unspecified atom stereocenters. The number of allylic oxidation sites excluding steroid dienone is 1. The highest BCUT2D eigenvalue weighted by Crippen LogP contribution is 2.25. The van der Waals surface area contributed by atoms with Gasteiger partial charge in [0.2, 0.25) is 5.70 Å². The summed E-state index contributed by atoms with van der Waals surface area (Å²) in [5, 5.41) is 11.4. The Kier molecular flexibility index (Phi) is 4.02. The van der Waals surface area contributed by atoms with E-state index in [1.54, 1.807) is 31.2 Å². The molecule has 0 aliphatic carbocycles. The third-order valence-electron chi connectivity index (χ3n) is 2.64. The van der Waals surface area contributed by atoms with Crippen LogP contribution < -0.4 is 0 Å². The highest BCUT2D eigenvalue weighted by Gasteiger charge is 2.10. The number of nitro groups is 1. The molecule has 2 aromatic rings. The summed E-state index contributed by atoms with van der Waals surface area (Å²) in [6.07, 6.45) is 1.79. The van der Waals surface area contributed by atoms with Crippen LogP contribution >= 0.6 is 11.6 Å². The summed E-state index contributed by atoms with van der Waals surface area (Å²) in [4.78, 5) is 10.3. The number of benzene rings is 1. The van der Waals surface area contributed by atoms with E-state index >= 15 is 0 Å². The van der Waals surface area contributed by atoms with Gasteiger partial charge in [-0.2, -0.15) is 0 Å². The molecular formula is C14H12ClNO3. The normalized spacial score (nSPS) is 11.6. The first kappa shape index (κ1) is 13.4. The van der Waals surface area contributed by atoms with Crippen LogP contribution in [0, 0.1) is 10.1 Å². The van der Waals surface area contributed by atoms with E-state index in [1.165, 1.54) is 6.08 Å². The zero-order chi connectivity index (χ0) is 13.8. The lowest BCUT2D eigenvalue weighted by molar-refractivity contribution is -0.425. The Morgan fingerprint density at radius 3 is 2.84 bits per heavy atom. The van der Waals surface area contributed by atoms with Crippen molar-refractivity contribution in [3.8, 4) is 11.3 Å². The first-order chi connectivity index (χ1) is 9.10. The van der Waals surface area contributed by atoms with Gasteiger partial charge >= 0.3 is 0 Å². The predicted octanol–water partition coefficient (Wildman–Crippen LogP) is 4.63. The Labute approximate surface area is 115 Å². The lowest BCUT2D eigenvalue weighted by atomic mass is 10.2. The van der Waals surface area contributed by atoms with Gasteiger partial charge in [-0.25, -0.2) is 0 Å². The smallest absolute Gasteiger partial charge is 0.249 e. The molecule has 0 atom stereocenters. The average molecular weight is 278 g/mol. The molecule has 98 valence electrons. The summed E-state index contributed by atoms with van der Waals surface area (Å²) in [6.45, 7) is 1.73. The fourth-order valence-corrected chi connectivity index (χ4v) is 1.87. The first-order valence-corrected chi connectivity index (χ1v) is 6.18. The molecule has 0 radical (unpaired) electrons. The number of rotatable bonds is 4. The molecule has 0 amide bonds. The van der Waals surface area contributed by atoms with Crippen molar-refractivity contribution < 1.29 is 9.34 Å². The second-order valence-electron chi connectivity index (χ2n) is 3.96. The largest absolute Gasteiger partial charge is 0.456 e. The molecule has 2 rings (SSSR count). The van der Waals surface area contributed by atoms with E-state index < -0.39 is 4.92 Å². The molecule has 4 nitrogen and oxygen atoms in total. The minimum absolute atomic E-state index is 0.118. The highest BCUT2D eigenvalue weighted by molar-refractivity contribution is 6.30. The summed E-state index contributed by atoms with van der Waals surface area (Å²) < 4.78 is 5.57. The standard InChI is InChI=1S/C14H12ClNO3/c1-2-12(16(17)18)9-13-6-7-14(19-13)10-4-3-5-11(15)8-10/h3-9H,2H2,1H3. The molecule has 19 heavy (non-hydrogen) atoms. The van der Waals surface area contributed by atoms with Gasteiger partial charge in [-0.15, -0.1) is 0 Å². The van der Waals surface area contributed by atoms with E-state index in [2.05, 4.69) is 0 Å². The molecule has 0 saturated carbocycles. The Balaban J connectivity index is 2.31. The molecule has 0 N–H and O–H groups in total. The predicted molar refractivity (Wildman–Crippen MR) is 74.4 cm³/mol. The summed E-state index contributed by atoms with van der Waals surface area (Å²) in [5.41, 5.74) is 0.957. The molecule has 1 heterocycles. The summed E-state index contributed by atoms with van der Waals surface area (Å²) in [7, 11) is 0. The van der Waals surface area contributed by atoms with Gasteiger partial charge in [-0.05, 0) is 24.3 Å². The van der Waals surface area contributed by atoms with E-state index in [-0.39, 0.29) is 5.70 Å². The van der Waals surface area contributed by atoms with Gasteiger partial charge in [-0.1, -0.05) is 30.7 Å². The second-order valence-corrected chi connectivity index (χ2v) is 4.40. The van der Waals surface area contributed by atoms with E-state index in [1.807, 2.05) is 12.1 Å². The summed E-state index contributed by atoms with van der Waals surface area (Å²) in [5.74, 6) is 1.09. The Morgan fingerprint density at radius 1 is 1.42 bits per heavy atom. The van der Waals surface area contributed by atoms with E-state index in [4.69, 9.17) is 16.0 Å². The van der Waals surface area contributed by atoms with Crippen molar-refractivity contribution in [2.24, 2.45) is 0 Å². The highest BCUT2D eigenvalue weighted by atomic mass is 35.5. The van der Waals surface area contributed by atoms with Gasteiger partial charge in [-0.3, -0.25) is 10.1 Å². The van der Waals surface area contributed by atoms with Crippen molar-refractivity contribution in [2.75, 3.05) is 0 Å². The molecule has 1 aromatic carbocycles. The van der Waals surface area contributed by atoms with Crippen molar-refractivity contribution in [1.29, 1.82) is 0 Å². The summed E-state index contributed by atoms with van der Waals surface area (Å²) in [6, 6.07) is 10.7. The van der Waals surface area contributed by atoms with Crippen LogP contribution in [-0.4, -0.2) is 4.92 Å². The number of hydrogen-bond acceptors (Lipinski definition) is 3. The molecule has 0 fully saturated rings. The van der Waals surface area contributed by atoms with Crippen molar-refractivity contribution in [2.45, 2.75) is 13.3 Å². The molecule has 5 heteroatoms. The van der Waals surface area contributed by atoms with Crippen LogP contribution in [0.25, 0.3) is 17.4 Å². The lowest BCUT2D eigenvalue weighted by Gasteiger charge is -1.97. The minimum Gasteiger partial charge on any atom is -0.456 e. The third-order valence-corrected chi connectivity index (χ3v) is 2.88. The number of hydrogen-bond donors (Lipinski definition) is 0.